The average molecular weight is 309 g/mol. The molecule has 0 unspecified atom stereocenters. The third-order valence-corrected chi connectivity index (χ3v) is 4.37. The molecule has 0 saturated carbocycles. The van der Waals surface area contributed by atoms with Crippen LogP contribution in [0.4, 0.5) is 11.5 Å². The van der Waals surface area contributed by atoms with E-state index in [1.165, 1.54) is 0 Å². The van der Waals surface area contributed by atoms with Gasteiger partial charge in [0.15, 0.2) is 0 Å². The van der Waals surface area contributed by atoms with Crippen LogP contribution in [0, 0.1) is 12.8 Å². The van der Waals surface area contributed by atoms with E-state index in [4.69, 9.17) is 0 Å². The van der Waals surface area contributed by atoms with Gasteiger partial charge in [-0.05, 0) is 49.9 Å². The third kappa shape index (κ3) is 3.70. The molecule has 120 valence electrons. The lowest BCUT2D eigenvalue weighted by Crippen LogP contribution is -2.35. The van der Waals surface area contributed by atoms with Crippen molar-refractivity contribution in [3.8, 4) is 0 Å². The van der Waals surface area contributed by atoms with Crippen LogP contribution < -0.4 is 10.2 Å². The van der Waals surface area contributed by atoms with Crippen molar-refractivity contribution in [1.82, 2.24) is 4.98 Å². The number of anilines is 2. The summed E-state index contributed by atoms with van der Waals surface area (Å²) in [6.45, 7) is 6.17. The van der Waals surface area contributed by atoms with Crippen LogP contribution in [0.2, 0.25) is 0 Å². The number of hydrogen-bond donors (Lipinski definition) is 1. The molecule has 0 aliphatic carbocycles. The van der Waals surface area contributed by atoms with E-state index in [1.807, 2.05) is 49.4 Å². The number of amides is 1. The van der Waals surface area contributed by atoms with Crippen molar-refractivity contribution in [3.05, 3.63) is 53.7 Å². The monoisotopic (exact) mass is 309 g/mol. The number of carbonyl (C=O) groups excluding carboxylic acids is 1. The van der Waals surface area contributed by atoms with E-state index in [9.17, 15) is 4.79 Å². The fraction of sp³-hybridized carbons (Fsp3) is 0.368. The second kappa shape index (κ2) is 6.82. The molecule has 1 saturated heterocycles. The van der Waals surface area contributed by atoms with Crippen molar-refractivity contribution >= 4 is 17.4 Å². The van der Waals surface area contributed by atoms with Crippen LogP contribution in [0.5, 0.6) is 0 Å². The molecule has 2 heterocycles. The predicted octanol–water partition coefficient (Wildman–Crippen LogP) is 3.88. The fourth-order valence-corrected chi connectivity index (χ4v) is 2.90. The van der Waals surface area contributed by atoms with Gasteiger partial charge in [-0.3, -0.25) is 4.79 Å². The summed E-state index contributed by atoms with van der Waals surface area (Å²) in [5, 5.41) is 2.96. The molecule has 4 heteroatoms. The summed E-state index contributed by atoms with van der Waals surface area (Å²) in [6, 6.07) is 13.3. The largest absolute Gasteiger partial charge is 0.356 e. The summed E-state index contributed by atoms with van der Waals surface area (Å²) in [7, 11) is 0. The molecule has 1 fully saturated rings. The molecule has 23 heavy (non-hydrogen) atoms. The summed E-state index contributed by atoms with van der Waals surface area (Å²) < 4.78 is 0. The number of hydrogen-bond acceptors (Lipinski definition) is 3. The number of aromatic nitrogens is 1. The lowest BCUT2D eigenvalue weighted by molar-refractivity contribution is 0.102. The zero-order chi connectivity index (χ0) is 16.2. The van der Waals surface area contributed by atoms with Crippen molar-refractivity contribution in [3.63, 3.8) is 0 Å². The Morgan fingerprint density at radius 1 is 1.13 bits per heavy atom. The van der Waals surface area contributed by atoms with Gasteiger partial charge in [-0.2, -0.15) is 0 Å². The van der Waals surface area contributed by atoms with E-state index in [1.54, 1.807) is 0 Å². The molecule has 0 radical (unpaired) electrons. The van der Waals surface area contributed by atoms with Crippen LogP contribution in [0.3, 0.4) is 0 Å². The summed E-state index contributed by atoms with van der Waals surface area (Å²) in [5.74, 6) is 1.46. The first-order valence-electron chi connectivity index (χ1n) is 8.22. The van der Waals surface area contributed by atoms with Gasteiger partial charge in [0.25, 0.3) is 5.91 Å². The zero-order valence-corrected chi connectivity index (χ0v) is 13.7. The van der Waals surface area contributed by atoms with E-state index in [0.29, 0.717) is 5.56 Å². The summed E-state index contributed by atoms with van der Waals surface area (Å²) >= 11 is 0. The predicted molar refractivity (Wildman–Crippen MR) is 94.0 cm³/mol. The Labute approximate surface area is 137 Å². The van der Waals surface area contributed by atoms with Crippen LogP contribution in [-0.4, -0.2) is 24.0 Å². The number of nitrogens with zero attached hydrogens (tertiary/aromatic N) is 2. The van der Waals surface area contributed by atoms with Crippen LogP contribution in [-0.2, 0) is 0 Å². The quantitative estimate of drug-likeness (QED) is 0.936. The van der Waals surface area contributed by atoms with Gasteiger partial charge in [0.2, 0.25) is 0 Å². The highest BCUT2D eigenvalue weighted by Gasteiger charge is 2.22. The number of aryl methyl sites for hydroxylation is 1. The van der Waals surface area contributed by atoms with Crippen molar-refractivity contribution in [1.29, 1.82) is 0 Å². The SMILES string of the molecule is Cc1ccc(C(=O)Nc2ccccc2)c(N2CCC(C)CC2)n1. The molecule has 4 nitrogen and oxygen atoms in total. The van der Waals surface area contributed by atoms with Gasteiger partial charge in [-0.1, -0.05) is 25.1 Å². The molecule has 2 aromatic rings. The number of pyridine rings is 1. The zero-order valence-electron chi connectivity index (χ0n) is 13.7. The van der Waals surface area contributed by atoms with Crippen LogP contribution in [0.1, 0.15) is 35.8 Å². The minimum Gasteiger partial charge on any atom is -0.356 e. The Kier molecular flexibility index (Phi) is 4.60. The standard InChI is InChI=1S/C19H23N3O/c1-14-10-12-22(13-11-14)18-17(9-8-15(2)20-18)19(23)21-16-6-4-3-5-7-16/h3-9,14H,10-13H2,1-2H3,(H,21,23). The Balaban J connectivity index is 1.85. The first kappa shape index (κ1) is 15.5. The molecule has 1 aliphatic rings. The smallest absolute Gasteiger partial charge is 0.259 e. The summed E-state index contributed by atoms with van der Waals surface area (Å²) in [6.07, 6.45) is 2.30. The maximum atomic E-state index is 12.7. The highest BCUT2D eigenvalue weighted by Crippen LogP contribution is 2.25. The molecular formula is C19H23N3O. The molecule has 0 atom stereocenters. The minimum absolute atomic E-state index is 0.0997. The highest BCUT2D eigenvalue weighted by atomic mass is 16.1. The molecule has 0 bridgehead atoms. The fourth-order valence-electron chi connectivity index (χ4n) is 2.90. The first-order valence-corrected chi connectivity index (χ1v) is 8.22. The second-order valence-corrected chi connectivity index (χ2v) is 6.31. The Morgan fingerprint density at radius 3 is 2.52 bits per heavy atom. The van der Waals surface area contributed by atoms with Gasteiger partial charge >= 0.3 is 0 Å². The molecule has 0 spiro atoms. The lowest BCUT2D eigenvalue weighted by Gasteiger charge is -2.32. The first-order chi connectivity index (χ1) is 11.1. The number of carbonyl (C=O) groups is 1. The van der Waals surface area contributed by atoms with Gasteiger partial charge < -0.3 is 10.2 Å². The molecule has 1 N–H and O–H groups in total. The lowest BCUT2D eigenvalue weighted by atomic mass is 9.99. The van der Waals surface area contributed by atoms with Crippen LogP contribution in [0.15, 0.2) is 42.5 Å². The Morgan fingerprint density at radius 2 is 1.83 bits per heavy atom. The van der Waals surface area contributed by atoms with Gasteiger partial charge in [0.1, 0.15) is 5.82 Å². The van der Waals surface area contributed by atoms with Gasteiger partial charge in [0, 0.05) is 24.5 Å². The maximum absolute atomic E-state index is 12.7. The third-order valence-electron chi connectivity index (χ3n) is 4.37. The average Bonchev–Trinajstić information content (AvgIpc) is 2.56. The normalized spacial score (nSPS) is 15.5. The highest BCUT2D eigenvalue weighted by molar-refractivity contribution is 6.07. The summed E-state index contributed by atoms with van der Waals surface area (Å²) in [5.41, 5.74) is 2.39. The van der Waals surface area contributed by atoms with Crippen LogP contribution in [0.25, 0.3) is 0 Å². The number of benzene rings is 1. The van der Waals surface area contributed by atoms with Crippen LogP contribution >= 0.6 is 0 Å². The van der Waals surface area contributed by atoms with E-state index in [-0.39, 0.29) is 5.91 Å². The Bertz CT molecular complexity index is 676. The van der Waals surface area contributed by atoms with E-state index >= 15 is 0 Å². The number of nitrogens with one attached hydrogen (secondary N) is 1. The van der Waals surface area contributed by atoms with Gasteiger partial charge in [-0.15, -0.1) is 0 Å². The van der Waals surface area contributed by atoms with Crippen molar-refractivity contribution in [2.45, 2.75) is 26.7 Å². The molecule has 3 rings (SSSR count). The minimum atomic E-state index is -0.0997. The topological polar surface area (TPSA) is 45.2 Å². The van der Waals surface area contributed by atoms with E-state index < -0.39 is 0 Å². The molecular weight excluding hydrogens is 286 g/mol. The van der Waals surface area contributed by atoms with Crippen molar-refractivity contribution < 1.29 is 4.79 Å². The molecule has 1 aromatic carbocycles. The van der Waals surface area contributed by atoms with Gasteiger partial charge in [0.05, 0.1) is 5.56 Å². The number of rotatable bonds is 3. The van der Waals surface area contributed by atoms with E-state index in [2.05, 4.69) is 22.1 Å². The Hall–Kier alpha value is -2.36. The molecule has 1 aromatic heterocycles. The van der Waals surface area contributed by atoms with E-state index in [0.717, 1.165) is 49.0 Å². The van der Waals surface area contributed by atoms with Crippen molar-refractivity contribution in [2.24, 2.45) is 5.92 Å². The number of para-hydroxylation sites is 1. The number of piperidine rings is 1. The van der Waals surface area contributed by atoms with Gasteiger partial charge in [-0.25, -0.2) is 4.98 Å². The van der Waals surface area contributed by atoms with Crippen molar-refractivity contribution in [2.75, 3.05) is 23.3 Å². The maximum Gasteiger partial charge on any atom is 0.259 e. The molecule has 1 aliphatic heterocycles. The summed E-state index contributed by atoms with van der Waals surface area (Å²) in [4.78, 5) is 19.6. The second-order valence-electron chi connectivity index (χ2n) is 6.31. The molecule has 1 amide bonds.